The molecule has 2 aromatic rings. The second-order valence-electron chi connectivity index (χ2n) is 4.03. The minimum atomic E-state index is 0.275. The summed E-state index contributed by atoms with van der Waals surface area (Å²) in [6.45, 7) is 0.275. The zero-order valence-electron chi connectivity index (χ0n) is 9.97. The molecule has 4 heteroatoms. The van der Waals surface area contributed by atoms with E-state index < -0.39 is 0 Å². The van der Waals surface area contributed by atoms with Crippen molar-refractivity contribution in [1.29, 1.82) is 0 Å². The molecule has 2 aromatic carbocycles. The Morgan fingerprint density at radius 1 is 1.06 bits per heavy atom. The first-order chi connectivity index (χ1) is 8.78. The van der Waals surface area contributed by atoms with Crippen LogP contribution in [0.3, 0.4) is 0 Å². The topological polar surface area (TPSA) is 53.7 Å². The zero-order chi connectivity index (χ0) is 12.5. The third kappa shape index (κ3) is 1.72. The summed E-state index contributed by atoms with van der Waals surface area (Å²) < 4.78 is 16.0. The highest BCUT2D eigenvalue weighted by Crippen LogP contribution is 2.39. The average Bonchev–Trinajstić information content (AvgIpc) is 2.85. The van der Waals surface area contributed by atoms with Gasteiger partial charge >= 0.3 is 0 Å². The number of benzene rings is 2. The van der Waals surface area contributed by atoms with Gasteiger partial charge in [-0.1, -0.05) is 6.07 Å². The fraction of sp³-hybridized carbons (Fsp3) is 0.143. The molecule has 0 fully saturated rings. The van der Waals surface area contributed by atoms with Crippen molar-refractivity contribution >= 4 is 5.69 Å². The molecule has 0 amide bonds. The molecule has 0 saturated heterocycles. The van der Waals surface area contributed by atoms with E-state index >= 15 is 0 Å². The van der Waals surface area contributed by atoms with Crippen LogP contribution in [0.2, 0.25) is 0 Å². The monoisotopic (exact) mass is 243 g/mol. The normalized spacial score (nSPS) is 12.5. The van der Waals surface area contributed by atoms with Crippen molar-refractivity contribution in [3.63, 3.8) is 0 Å². The summed E-state index contributed by atoms with van der Waals surface area (Å²) in [7, 11) is 1.63. The first-order valence-corrected chi connectivity index (χ1v) is 5.61. The molecule has 0 unspecified atom stereocenters. The molecule has 18 heavy (non-hydrogen) atoms. The SMILES string of the molecule is COc1cc(N)ccc1-c1ccc2c(c1)OCO2. The van der Waals surface area contributed by atoms with Gasteiger partial charge in [-0.2, -0.15) is 0 Å². The summed E-state index contributed by atoms with van der Waals surface area (Å²) in [5.41, 5.74) is 8.41. The highest BCUT2D eigenvalue weighted by Gasteiger charge is 2.15. The van der Waals surface area contributed by atoms with Gasteiger partial charge in [0.2, 0.25) is 6.79 Å². The van der Waals surface area contributed by atoms with Crippen LogP contribution in [0.25, 0.3) is 11.1 Å². The van der Waals surface area contributed by atoms with Crippen LogP contribution in [0, 0.1) is 0 Å². The number of methoxy groups -OCH3 is 1. The first-order valence-electron chi connectivity index (χ1n) is 5.61. The lowest BCUT2D eigenvalue weighted by atomic mass is 10.0. The third-order valence-corrected chi connectivity index (χ3v) is 2.91. The lowest BCUT2D eigenvalue weighted by Gasteiger charge is -2.10. The molecule has 0 aromatic heterocycles. The number of hydrogen-bond acceptors (Lipinski definition) is 4. The predicted molar refractivity (Wildman–Crippen MR) is 69.0 cm³/mol. The predicted octanol–water partition coefficient (Wildman–Crippen LogP) is 2.67. The molecule has 0 atom stereocenters. The van der Waals surface area contributed by atoms with Crippen LogP contribution in [0.5, 0.6) is 17.2 Å². The number of nitrogen functional groups attached to an aromatic ring is 1. The molecule has 0 aliphatic carbocycles. The molecule has 3 rings (SSSR count). The molecular weight excluding hydrogens is 230 g/mol. The summed E-state index contributed by atoms with van der Waals surface area (Å²) in [6, 6.07) is 11.4. The Kier molecular flexibility index (Phi) is 2.48. The molecule has 1 aliphatic rings. The molecule has 1 aliphatic heterocycles. The number of nitrogens with two attached hydrogens (primary N) is 1. The van der Waals surface area contributed by atoms with Crippen molar-refractivity contribution in [3.8, 4) is 28.4 Å². The minimum absolute atomic E-state index is 0.275. The Labute approximate surface area is 105 Å². The zero-order valence-corrected chi connectivity index (χ0v) is 9.97. The largest absolute Gasteiger partial charge is 0.496 e. The second kappa shape index (κ2) is 4.14. The summed E-state index contributed by atoms with van der Waals surface area (Å²) in [6.07, 6.45) is 0. The van der Waals surface area contributed by atoms with Crippen molar-refractivity contribution in [2.24, 2.45) is 0 Å². The van der Waals surface area contributed by atoms with Gasteiger partial charge in [-0.05, 0) is 29.8 Å². The van der Waals surface area contributed by atoms with Crippen LogP contribution in [-0.4, -0.2) is 13.9 Å². The van der Waals surface area contributed by atoms with Crippen molar-refractivity contribution in [1.82, 2.24) is 0 Å². The number of anilines is 1. The summed E-state index contributed by atoms with van der Waals surface area (Å²) in [4.78, 5) is 0. The maximum Gasteiger partial charge on any atom is 0.231 e. The molecule has 0 spiro atoms. The molecule has 92 valence electrons. The summed E-state index contributed by atoms with van der Waals surface area (Å²) in [5, 5.41) is 0. The Hall–Kier alpha value is -2.36. The van der Waals surface area contributed by atoms with Gasteiger partial charge in [-0.15, -0.1) is 0 Å². The quantitative estimate of drug-likeness (QED) is 0.824. The Morgan fingerprint density at radius 3 is 2.72 bits per heavy atom. The number of ether oxygens (including phenoxy) is 3. The molecule has 2 N–H and O–H groups in total. The van der Waals surface area contributed by atoms with Gasteiger partial charge in [0.1, 0.15) is 5.75 Å². The van der Waals surface area contributed by atoms with Gasteiger partial charge in [0.05, 0.1) is 7.11 Å². The molecule has 1 heterocycles. The first kappa shape index (κ1) is 10.8. The maximum absolute atomic E-state index is 5.75. The number of hydrogen-bond donors (Lipinski definition) is 1. The van der Waals surface area contributed by atoms with Crippen molar-refractivity contribution < 1.29 is 14.2 Å². The lowest BCUT2D eigenvalue weighted by molar-refractivity contribution is 0.174. The van der Waals surface area contributed by atoms with Crippen molar-refractivity contribution in [2.75, 3.05) is 19.6 Å². The third-order valence-electron chi connectivity index (χ3n) is 2.91. The van der Waals surface area contributed by atoms with E-state index in [-0.39, 0.29) is 6.79 Å². The maximum atomic E-state index is 5.75. The minimum Gasteiger partial charge on any atom is -0.496 e. The van der Waals surface area contributed by atoms with Gasteiger partial charge in [0.25, 0.3) is 0 Å². The molecule has 0 bridgehead atoms. The summed E-state index contributed by atoms with van der Waals surface area (Å²) in [5.74, 6) is 2.27. The van der Waals surface area contributed by atoms with Crippen LogP contribution in [0.1, 0.15) is 0 Å². The highest BCUT2D eigenvalue weighted by atomic mass is 16.7. The second-order valence-corrected chi connectivity index (χ2v) is 4.03. The number of fused-ring (bicyclic) bond motifs is 1. The highest BCUT2D eigenvalue weighted by molar-refractivity contribution is 5.75. The fourth-order valence-electron chi connectivity index (χ4n) is 2.01. The van der Waals surface area contributed by atoms with E-state index in [9.17, 15) is 0 Å². The van der Waals surface area contributed by atoms with Crippen LogP contribution in [-0.2, 0) is 0 Å². The van der Waals surface area contributed by atoms with E-state index in [4.69, 9.17) is 19.9 Å². The van der Waals surface area contributed by atoms with Gasteiger partial charge in [0, 0.05) is 17.3 Å². The molecular formula is C14H13NO3. The molecule has 0 saturated carbocycles. The van der Waals surface area contributed by atoms with E-state index in [0.717, 1.165) is 28.4 Å². The van der Waals surface area contributed by atoms with E-state index in [2.05, 4.69) is 0 Å². The average molecular weight is 243 g/mol. The Balaban J connectivity index is 2.09. The van der Waals surface area contributed by atoms with Crippen LogP contribution < -0.4 is 19.9 Å². The van der Waals surface area contributed by atoms with Gasteiger partial charge < -0.3 is 19.9 Å². The Morgan fingerprint density at radius 2 is 1.89 bits per heavy atom. The number of rotatable bonds is 2. The fourth-order valence-corrected chi connectivity index (χ4v) is 2.01. The summed E-state index contributed by atoms with van der Waals surface area (Å²) >= 11 is 0. The van der Waals surface area contributed by atoms with Crippen molar-refractivity contribution in [2.45, 2.75) is 0 Å². The van der Waals surface area contributed by atoms with Crippen LogP contribution in [0.15, 0.2) is 36.4 Å². The van der Waals surface area contributed by atoms with E-state index in [1.54, 1.807) is 13.2 Å². The van der Waals surface area contributed by atoms with E-state index in [1.165, 1.54) is 0 Å². The molecule has 0 radical (unpaired) electrons. The van der Waals surface area contributed by atoms with E-state index in [0.29, 0.717) is 5.69 Å². The standard InChI is InChI=1S/C14H13NO3/c1-16-13-7-10(15)3-4-11(13)9-2-5-12-14(6-9)18-8-17-12/h2-7H,8,15H2,1H3. The van der Waals surface area contributed by atoms with Gasteiger partial charge in [-0.25, -0.2) is 0 Å². The van der Waals surface area contributed by atoms with Crippen LogP contribution >= 0.6 is 0 Å². The molecule has 4 nitrogen and oxygen atoms in total. The van der Waals surface area contributed by atoms with E-state index in [1.807, 2.05) is 30.3 Å². The van der Waals surface area contributed by atoms with Gasteiger partial charge in [-0.3, -0.25) is 0 Å². The lowest BCUT2D eigenvalue weighted by Crippen LogP contribution is -1.93. The van der Waals surface area contributed by atoms with Gasteiger partial charge in [0.15, 0.2) is 11.5 Å². The smallest absolute Gasteiger partial charge is 0.231 e. The Bertz CT molecular complexity index is 596. The van der Waals surface area contributed by atoms with Crippen molar-refractivity contribution in [3.05, 3.63) is 36.4 Å². The van der Waals surface area contributed by atoms with Crippen LogP contribution in [0.4, 0.5) is 5.69 Å².